The number of amides is 3. The van der Waals surface area contributed by atoms with E-state index in [0.717, 1.165) is 9.80 Å². The van der Waals surface area contributed by atoms with Crippen molar-refractivity contribution in [2.75, 3.05) is 14.1 Å². The van der Waals surface area contributed by atoms with Gasteiger partial charge in [0.05, 0.1) is 6.42 Å². The molecule has 0 unspecified atom stereocenters. The molecule has 0 bridgehead atoms. The smallest absolute Gasteiger partial charge is 0.326 e. The molecule has 0 spiro atoms. The van der Waals surface area contributed by atoms with Crippen LogP contribution >= 0.6 is 0 Å². The van der Waals surface area contributed by atoms with Crippen molar-refractivity contribution >= 4 is 17.9 Å². The Morgan fingerprint density at radius 1 is 1.46 bits per heavy atom. The Kier molecular flexibility index (Phi) is 2.22. The molecule has 72 valence electrons. The summed E-state index contributed by atoms with van der Waals surface area (Å²) in [6.07, 6.45) is -0.342. The van der Waals surface area contributed by atoms with Crippen molar-refractivity contribution in [2.24, 2.45) is 0 Å². The van der Waals surface area contributed by atoms with Gasteiger partial charge in [0.15, 0.2) is 0 Å². The maximum absolute atomic E-state index is 11.3. The van der Waals surface area contributed by atoms with E-state index in [4.69, 9.17) is 5.11 Å². The van der Waals surface area contributed by atoms with Crippen LogP contribution in [0.15, 0.2) is 0 Å². The Hall–Kier alpha value is -1.59. The van der Waals surface area contributed by atoms with E-state index in [1.807, 2.05) is 0 Å². The van der Waals surface area contributed by atoms with Crippen LogP contribution in [0.5, 0.6) is 0 Å². The Morgan fingerprint density at radius 2 is 2.00 bits per heavy atom. The molecular formula is C7H10N2O4. The minimum Gasteiger partial charge on any atom is -0.481 e. The highest BCUT2D eigenvalue weighted by molar-refractivity contribution is 6.04. The molecule has 0 aromatic carbocycles. The predicted molar refractivity (Wildman–Crippen MR) is 42.0 cm³/mol. The molecule has 6 heteroatoms. The lowest BCUT2D eigenvalue weighted by Crippen LogP contribution is -2.33. The zero-order valence-corrected chi connectivity index (χ0v) is 7.35. The fourth-order valence-electron chi connectivity index (χ4n) is 1.24. The second-order valence-corrected chi connectivity index (χ2v) is 2.90. The van der Waals surface area contributed by atoms with E-state index in [1.165, 1.54) is 14.1 Å². The van der Waals surface area contributed by atoms with Crippen molar-refractivity contribution in [3.05, 3.63) is 0 Å². The summed E-state index contributed by atoms with van der Waals surface area (Å²) in [6.45, 7) is 0. The quantitative estimate of drug-likeness (QED) is 0.581. The summed E-state index contributed by atoms with van der Waals surface area (Å²) in [7, 11) is 2.75. The van der Waals surface area contributed by atoms with Crippen LogP contribution in [0.1, 0.15) is 6.42 Å². The highest BCUT2D eigenvalue weighted by Gasteiger charge is 2.41. The number of carboxylic acid groups (broad SMARTS) is 1. The number of urea groups is 1. The van der Waals surface area contributed by atoms with E-state index < -0.39 is 23.9 Å². The Bertz CT molecular complexity index is 276. The number of hydrogen-bond donors (Lipinski definition) is 1. The molecule has 0 radical (unpaired) electrons. The maximum atomic E-state index is 11.3. The first kappa shape index (κ1) is 9.50. The van der Waals surface area contributed by atoms with Gasteiger partial charge in [-0.15, -0.1) is 0 Å². The number of nitrogens with zero attached hydrogens (tertiary/aromatic N) is 2. The first-order valence-corrected chi connectivity index (χ1v) is 3.71. The van der Waals surface area contributed by atoms with Gasteiger partial charge in [0.2, 0.25) is 0 Å². The van der Waals surface area contributed by atoms with Gasteiger partial charge in [-0.2, -0.15) is 0 Å². The molecule has 1 atom stereocenters. The van der Waals surface area contributed by atoms with Gasteiger partial charge in [-0.25, -0.2) is 4.79 Å². The van der Waals surface area contributed by atoms with E-state index in [9.17, 15) is 14.4 Å². The van der Waals surface area contributed by atoms with Crippen LogP contribution in [0, 0.1) is 0 Å². The molecule has 13 heavy (non-hydrogen) atoms. The molecule has 1 aliphatic heterocycles. The molecule has 0 aromatic rings. The number of carboxylic acids is 1. The van der Waals surface area contributed by atoms with Gasteiger partial charge < -0.3 is 10.0 Å². The molecular weight excluding hydrogens is 176 g/mol. The van der Waals surface area contributed by atoms with Gasteiger partial charge >= 0.3 is 12.0 Å². The summed E-state index contributed by atoms with van der Waals surface area (Å²) < 4.78 is 0. The molecule has 1 heterocycles. The third-order valence-corrected chi connectivity index (χ3v) is 2.04. The van der Waals surface area contributed by atoms with Crippen LogP contribution < -0.4 is 0 Å². The lowest BCUT2D eigenvalue weighted by Gasteiger charge is -2.13. The number of hydrogen-bond acceptors (Lipinski definition) is 3. The molecule has 0 saturated carbocycles. The SMILES string of the molecule is CN1C(=O)[C@@H](CC(=O)O)N(C)C1=O. The maximum Gasteiger partial charge on any atom is 0.326 e. The van der Waals surface area contributed by atoms with Crippen LogP contribution in [0.3, 0.4) is 0 Å². The number of aliphatic carboxylic acids is 1. The van der Waals surface area contributed by atoms with Gasteiger partial charge in [-0.3, -0.25) is 14.5 Å². The van der Waals surface area contributed by atoms with Crippen molar-refractivity contribution in [3.63, 3.8) is 0 Å². The van der Waals surface area contributed by atoms with E-state index in [0.29, 0.717) is 0 Å². The minimum absolute atomic E-state index is 0.342. The predicted octanol–water partition coefficient (Wildman–Crippen LogP) is -0.646. The Labute approximate surface area is 74.7 Å². The molecule has 1 fully saturated rings. The first-order chi connectivity index (χ1) is 5.95. The molecule has 0 aliphatic carbocycles. The Balaban J connectivity index is 2.81. The second-order valence-electron chi connectivity index (χ2n) is 2.90. The number of rotatable bonds is 2. The summed E-state index contributed by atoms with van der Waals surface area (Å²) in [5, 5.41) is 8.47. The van der Waals surface area contributed by atoms with Crippen LogP contribution in [0.2, 0.25) is 0 Å². The van der Waals surface area contributed by atoms with Crippen LogP contribution in [0.4, 0.5) is 4.79 Å². The lowest BCUT2D eigenvalue weighted by molar-refractivity contribution is -0.141. The summed E-state index contributed by atoms with van der Waals surface area (Å²) in [5.74, 6) is -1.55. The standard InChI is InChI=1S/C7H10N2O4/c1-8-4(3-5(10)11)6(12)9(2)7(8)13/h4H,3H2,1-2H3,(H,10,11)/t4-/m1/s1. The molecule has 1 rings (SSSR count). The zero-order valence-electron chi connectivity index (χ0n) is 7.35. The zero-order chi connectivity index (χ0) is 10.2. The fourth-order valence-corrected chi connectivity index (χ4v) is 1.24. The highest BCUT2D eigenvalue weighted by atomic mass is 16.4. The first-order valence-electron chi connectivity index (χ1n) is 3.71. The van der Waals surface area contributed by atoms with E-state index in [2.05, 4.69) is 0 Å². The summed E-state index contributed by atoms with van der Waals surface area (Å²) in [5.41, 5.74) is 0. The van der Waals surface area contributed by atoms with Crippen molar-refractivity contribution in [2.45, 2.75) is 12.5 Å². The van der Waals surface area contributed by atoms with Gasteiger partial charge in [0, 0.05) is 14.1 Å². The monoisotopic (exact) mass is 186 g/mol. The van der Waals surface area contributed by atoms with Crippen LogP contribution in [0.25, 0.3) is 0 Å². The lowest BCUT2D eigenvalue weighted by atomic mass is 10.2. The number of carbonyl (C=O) groups excluding carboxylic acids is 2. The third-order valence-electron chi connectivity index (χ3n) is 2.04. The van der Waals surface area contributed by atoms with Crippen molar-refractivity contribution in [1.29, 1.82) is 0 Å². The van der Waals surface area contributed by atoms with Gasteiger partial charge in [0.25, 0.3) is 5.91 Å². The van der Waals surface area contributed by atoms with E-state index in [-0.39, 0.29) is 6.42 Å². The topological polar surface area (TPSA) is 77.9 Å². The average Bonchev–Trinajstić information content (AvgIpc) is 2.22. The van der Waals surface area contributed by atoms with Crippen molar-refractivity contribution in [3.8, 4) is 0 Å². The Morgan fingerprint density at radius 3 is 2.31 bits per heavy atom. The normalized spacial score (nSPS) is 22.8. The number of imide groups is 1. The largest absolute Gasteiger partial charge is 0.481 e. The summed E-state index contributed by atoms with van der Waals surface area (Å²) in [6, 6.07) is -1.31. The average molecular weight is 186 g/mol. The number of carbonyl (C=O) groups is 3. The summed E-state index contributed by atoms with van der Waals surface area (Å²) >= 11 is 0. The molecule has 0 aromatic heterocycles. The van der Waals surface area contributed by atoms with Crippen molar-refractivity contribution in [1.82, 2.24) is 9.80 Å². The van der Waals surface area contributed by atoms with Gasteiger partial charge in [0.1, 0.15) is 6.04 Å². The molecule has 3 amide bonds. The summed E-state index contributed by atoms with van der Waals surface area (Å²) in [4.78, 5) is 34.8. The van der Waals surface area contributed by atoms with Gasteiger partial charge in [-0.05, 0) is 0 Å². The van der Waals surface area contributed by atoms with E-state index >= 15 is 0 Å². The molecule has 1 aliphatic rings. The minimum atomic E-state index is -1.09. The second kappa shape index (κ2) is 3.04. The molecule has 1 N–H and O–H groups in total. The van der Waals surface area contributed by atoms with Crippen LogP contribution in [-0.2, 0) is 9.59 Å². The van der Waals surface area contributed by atoms with Crippen molar-refractivity contribution < 1.29 is 19.5 Å². The third kappa shape index (κ3) is 1.47. The molecule has 6 nitrogen and oxygen atoms in total. The van der Waals surface area contributed by atoms with Crippen LogP contribution in [-0.4, -0.2) is 53.0 Å². The van der Waals surface area contributed by atoms with Gasteiger partial charge in [-0.1, -0.05) is 0 Å². The van der Waals surface area contributed by atoms with E-state index in [1.54, 1.807) is 0 Å². The highest BCUT2D eigenvalue weighted by Crippen LogP contribution is 2.16. The fraction of sp³-hybridized carbons (Fsp3) is 0.571. The molecule has 1 saturated heterocycles. The number of likely N-dealkylation sites (N-methyl/N-ethyl adjacent to an activating group) is 2.